The monoisotopic (exact) mass is 268 g/mol. The minimum Gasteiger partial charge on any atom is -0.389 e. The average Bonchev–Trinajstić information content (AvgIpc) is 2.36. The molecule has 0 aliphatic carbocycles. The highest BCUT2D eigenvalue weighted by atomic mass is 16.6. The first-order chi connectivity index (χ1) is 8.95. The highest BCUT2D eigenvalue weighted by Crippen LogP contribution is 2.16. The number of ether oxygens (including phenoxy) is 1. The minimum absolute atomic E-state index is 0.0586. The lowest BCUT2D eigenvalue weighted by Gasteiger charge is -2.11. The molecule has 0 fully saturated rings. The Bertz CT molecular complexity index is 475. The van der Waals surface area contributed by atoms with Gasteiger partial charge in [-0.25, -0.2) is 0 Å². The van der Waals surface area contributed by atoms with Gasteiger partial charge >= 0.3 is 0 Å². The lowest BCUT2D eigenvalue weighted by atomic mass is 10.1. The molecular weight excluding hydrogens is 252 g/mol. The summed E-state index contributed by atoms with van der Waals surface area (Å²) in [6.07, 6.45) is -0.785. The third-order valence-electron chi connectivity index (χ3n) is 2.52. The molecule has 1 amide bonds. The van der Waals surface area contributed by atoms with E-state index in [1.807, 2.05) is 0 Å². The van der Waals surface area contributed by atoms with Crippen LogP contribution in [0.4, 0.5) is 5.69 Å². The number of nitro groups is 1. The lowest BCUT2D eigenvalue weighted by Crippen LogP contribution is -2.34. The largest absolute Gasteiger partial charge is 0.389 e. The Morgan fingerprint density at radius 2 is 2.26 bits per heavy atom. The van der Waals surface area contributed by atoms with Gasteiger partial charge in [0, 0.05) is 31.4 Å². The zero-order chi connectivity index (χ0) is 14.4. The van der Waals surface area contributed by atoms with E-state index >= 15 is 0 Å². The van der Waals surface area contributed by atoms with Crippen LogP contribution in [0.25, 0.3) is 0 Å². The molecule has 0 saturated heterocycles. The van der Waals surface area contributed by atoms with Crippen LogP contribution in [0.3, 0.4) is 0 Å². The van der Waals surface area contributed by atoms with Crippen LogP contribution in [0.5, 0.6) is 0 Å². The Hall–Kier alpha value is -1.99. The van der Waals surface area contributed by atoms with E-state index in [0.717, 1.165) is 0 Å². The Balaban J connectivity index is 2.70. The van der Waals surface area contributed by atoms with Crippen LogP contribution < -0.4 is 5.32 Å². The molecule has 7 heteroatoms. The van der Waals surface area contributed by atoms with Gasteiger partial charge in [0.1, 0.15) is 0 Å². The fourth-order valence-corrected chi connectivity index (χ4v) is 1.57. The summed E-state index contributed by atoms with van der Waals surface area (Å²) in [5.74, 6) is -0.387. The third-order valence-corrected chi connectivity index (χ3v) is 2.52. The van der Waals surface area contributed by atoms with E-state index in [4.69, 9.17) is 4.74 Å². The molecule has 1 aromatic carbocycles. The molecule has 0 bridgehead atoms. The first kappa shape index (κ1) is 15.1. The highest BCUT2D eigenvalue weighted by molar-refractivity contribution is 5.95. The van der Waals surface area contributed by atoms with E-state index in [-0.39, 0.29) is 24.7 Å². The van der Waals surface area contributed by atoms with Crippen LogP contribution in [0.2, 0.25) is 0 Å². The molecule has 0 aliphatic rings. The van der Waals surface area contributed by atoms with Gasteiger partial charge in [0.05, 0.1) is 17.6 Å². The standard InChI is InChI=1S/C12H16N2O5/c1-8-5-9(14(17)18)3-4-11(8)12(16)13-6-10(15)7-19-2/h3-5,10,15H,6-7H2,1-2H3,(H,13,16). The van der Waals surface area contributed by atoms with Crippen molar-refractivity contribution in [2.75, 3.05) is 20.3 Å². The van der Waals surface area contributed by atoms with Gasteiger partial charge in [-0.1, -0.05) is 0 Å². The molecule has 19 heavy (non-hydrogen) atoms. The SMILES string of the molecule is COCC(O)CNC(=O)c1ccc([N+](=O)[O-])cc1C. The van der Waals surface area contributed by atoms with Crippen molar-refractivity contribution >= 4 is 11.6 Å². The second-order valence-electron chi connectivity index (χ2n) is 4.08. The summed E-state index contributed by atoms with van der Waals surface area (Å²) >= 11 is 0. The van der Waals surface area contributed by atoms with E-state index < -0.39 is 11.0 Å². The third kappa shape index (κ3) is 4.31. The molecule has 7 nitrogen and oxygen atoms in total. The topological polar surface area (TPSA) is 102 Å². The quantitative estimate of drug-likeness (QED) is 0.582. The fourth-order valence-electron chi connectivity index (χ4n) is 1.57. The number of nitrogens with one attached hydrogen (secondary N) is 1. The fraction of sp³-hybridized carbons (Fsp3) is 0.417. The van der Waals surface area contributed by atoms with E-state index in [2.05, 4.69) is 5.32 Å². The number of aliphatic hydroxyl groups excluding tert-OH is 1. The molecule has 0 saturated carbocycles. The van der Waals surface area contributed by atoms with Gasteiger partial charge in [0.25, 0.3) is 11.6 Å². The first-order valence-corrected chi connectivity index (χ1v) is 5.66. The first-order valence-electron chi connectivity index (χ1n) is 5.66. The van der Waals surface area contributed by atoms with Crippen molar-refractivity contribution in [3.05, 3.63) is 39.4 Å². The Morgan fingerprint density at radius 1 is 1.58 bits per heavy atom. The Morgan fingerprint density at radius 3 is 2.79 bits per heavy atom. The zero-order valence-electron chi connectivity index (χ0n) is 10.8. The van der Waals surface area contributed by atoms with Gasteiger partial charge in [0.15, 0.2) is 0 Å². The summed E-state index contributed by atoms with van der Waals surface area (Å²) in [5.41, 5.74) is 0.789. The Kier molecular flexibility index (Phi) is 5.40. The highest BCUT2D eigenvalue weighted by Gasteiger charge is 2.14. The number of carbonyl (C=O) groups is 1. The van der Waals surface area contributed by atoms with E-state index in [1.165, 1.54) is 25.3 Å². The van der Waals surface area contributed by atoms with Crippen molar-refractivity contribution in [1.82, 2.24) is 5.32 Å². The number of non-ortho nitro benzene ring substituents is 1. The predicted octanol–water partition coefficient (Wildman–Crippen LogP) is 0.640. The molecule has 1 aromatic rings. The van der Waals surface area contributed by atoms with Crippen LogP contribution in [-0.2, 0) is 4.74 Å². The zero-order valence-corrected chi connectivity index (χ0v) is 10.8. The van der Waals surface area contributed by atoms with Gasteiger partial charge < -0.3 is 15.2 Å². The number of carbonyl (C=O) groups excluding carboxylic acids is 1. The second-order valence-corrected chi connectivity index (χ2v) is 4.08. The summed E-state index contributed by atoms with van der Waals surface area (Å²) < 4.78 is 4.73. The van der Waals surface area contributed by atoms with Crippen LogP contribution in [0.15, 0.2) is 18.2 Å². The number of amides is 1. The molecule has 2 N–H and O–H groups in total. The summed E-state index contributed by atoms with van der Waals surface area (Å²) in [4.78, 5) is 21.9. The van der Waals surface area contributed by atoms with Gasteiger partial charge in [-0.2, -0.15) is 0 Å². The molecule has 0 spiro atoms. The summed E-state index contributed by atoms with van der Waals surface area (Å²) in [6.45, 7) is 1.80. The molecule has 104 valence electrons. The number of aliphatic hydroxyl groups is 1. The maximum Gasteiger partial charge on any atom is 0.269 e. The number of aryl methyl sites for hydroxylation is 1. The van der Waals surface area contributed by atoms with E-state index in [0.29, 0.717) is 11.1 Å². The average molecular weight is 268 g/mol. The van der Waals surface area contributed by atoms with Crippen molar-refractivity contribution in [3.63, 3.8) is 0 Å². The van der Waals surface area contributed by atoms with Crippen molar-refractivity contribution in [2.24, 2.45) is 0 Å². The number of benzene rings is 1. The normalized spacial score (nSPS) is 11.9. The van der Waals surface area contributed by atoms with Crippen molar-refractivity contribution < 1.29 is 19.6 Å². The van der Waals surface area contributed by atoms with Crippen LogP contribution in [0.1, 0.15) is 15.9 Å². The van der Waals surface area contributed by atoms with E-state index in [1.54, 1.807) is 6.92 Å². The maximum absolute atomic E-state index is 11.8. The number of hydrogen-bond acceptors (Lipinski definition) is 5. The van der Waals surface area contributed by atoms with Crippen molar-refractivity contribution in [1.29, 1.82) is 0 Å². The Labute approximate surface area is 110 Å². The number of methoxy groups -OCH3 is 1. The van der Waals surface area contributed by atoms with Gasteiger partial charge in [-0.15, -0.1) is 0 Å². The molecule has 1 rings (SSSR count). The number of nitrogens with zero attached hydrogens (tertiary/aromatic N) is 1. The van der Waals surface area contributed by atoms with Gasteiger partial charge in [-0.05, 0) is 18.6 Å². The predicted molar refractivity (Wildman–Crippen MR) is 68.0 cm³/mol. The number of nitro benzene ring substituents is 1. The molecule has 1 unspecified atom stereocenters. The molecule has 0 radical (unpaired) electrons. The molecular formula is C12H16N2O5. The molecule has 1 atom stereocenters. The smallest absolute Gasteiger partial charge is 0.269 e. The van der Waals surface area contributed by atoms with Crippen LogP contribution >= 0.6 is 0 Å². The van der Waals surface area contributed by atoms with Crippen LogP contribution in [-0.4, -0.2) is 42.3 Å². The maximum atomic E-state index is 11.8. The van der Waals surface area contributed by atoms with Crippen molar-refractivity contribution in [3.8, 4) is 0 Å². The number of rotatable bonds is 6. The molecule has 0 aliphatic heterocycles. The summed E-state index contributed by atoms with van der Waals surface area (Å²) in [6, 6.07) is 4.00. The summed E-state index contributed by atoms with van der Waals surface area (Å²) in [7, 11) is 1.45. The van der Waals surface area contributed by atoms with Gasteiger partial charge in [-0.3, -0.25) is 14.9 Å². The lowest BCUT2D eigenvalue weighted by molar-refractivity contribution is -0.384. The van der Waals surface area contributed by atoms with Gasteiger partial charge in [0.2, 0.25) is 0 Å². The minimum atomic E-state index is -0.785. The summed E-state index contributed by atoms with van der Waals surface area (Å²) in [5, 5.41) is 22.5. The van der Waals surface area contributed by atoms with Crippen molar-refractivity contribution in [2.45, 2.75) is 13.0 Å². The van der Waals surface area contributed by atoms with Crippen LogP contribution in [0, 0.1) is 17.0 Å². The van der Waals surface area contributed by atoms with E-state index in [9.17, 15) is 20.0 Å². The molecule has 0 heterocycles. The molecule has 0 aromatic heterocycles. The second kappa shape index (κ2) is 6.81. The number of hydrogen-bond donors (Lipinski definition) is 2.